The molecule has 10 aromatic rings. The van der Waals surface area contributed by atoms with Crippen LogP contribution in [-0.4, -0.2) is 15.0 Å². The first-order valence-corrected chi connectivity index (χ1v) is 21.1. The second kappa shape index (κ2) is 14.5. The summed E-state index contributed by atoms with van der Waals surface area (Å²) in [7, 11) is 0. The molecule has 2 aliphatic rings. The van der Waals surface area contributed by atoms with Crippen LogP contribution in [0, 0.1) is 0 Å². The lowest BCUT2D eigenvalue weighted by Gasteiger charge is -2.45. The Morgan fingerprint density at radius 3 is 1.31 bits per heavy atom. The van der Waals surface area contributed by atoms with Crippen LogP contribution in [0.3, 0.4) is 0 Å². The van der Waals surface area contributed by atoms with Gasteiger partial charge in [-0.1, -0.05) is 188 Å². The third kappa shape index (κ3) is 5.65. The number of rotatable bonds is 6. The van der Waals surface area contributed by atoms with Crippen LogP contribution in [0.25, 0.3) is 67.5 Å². The predicted octanol–water partition coefficient (Wildman–Crippen LogP) is 14.4. The van der Waals surface area contributed by atoms with Crippen LogP contribution in [0.1, 0.15) is 22.3 Å². The molecule has 290 valence electrons. The number of fused-ring (bicyclic) bond motifs is 9. The summed E-state index contributed by atoms with van der Waals surface area (Å²) in [6.07, 6.45) is 0. The van der Waals surface area contributed by atoms with Crippen molar-refractivity contribution in [2.75, 3.05) is 4.90 Å². The lowest BCUT2D eigenvalue weighted by Crippen LogP contribution is -2.36. The van der Waals surface area contributed by atoms with Crippen LogP contribution in [0.4, 0.5) is 17.1 Å². The van der Waals surface area contributed by atoms with E-state index in [-0.39, 0.29) is 0 Å². The molecule has 9 aromatic carbocycles. The zero-order chi connectivity index (χ0) is 41.0. The maximum atomic E-state index is 5.19. The van der Waals surface area contributed by atoms with E-state index < -0.39 is 5.41 Å². The van der Waals surface area contributed by atoms with E-state index in [1.165, 1.54) is 39.1 Å². The standard InChI is InChI=1S/C58H38N4/c1-4-18-39(19-5-1)41-22-16-24-44(36-41)56-59-55(40-20-6-2-7-21-40)60-57(61-56)45-25-17-23-42(37-45)43-34-35-54-52(38-43)58(49-30-12-10-28-47(49)48-29-11-13-31-50(48)58)51-32-14-15-33-53(51)62(54)46-26-8-3-9-27-46/h1-38H. The molecule has 0 amide bonds. The van der Waals surface area contributed by atoms with Crippen molar-refractivity contribution in [3.05, 3.63) is 253 Å². The number of hydrogen-bond donors (Lipinski definition) is 0. The molecule has 0 saturated heterocycles. The fourth-order valence-corrected chi connectivity index (χ4v) is 9.80. The zero-order valence-electron chi connectivity index (χ0n) is 33.7. The lowest BCUT2D eigenvalue weighted by atomic mass is 9.64. The summed E-state index contributed by atoms with van der Waals surface area (Å²) >= 11 is 0. The van der Waals surface area contributed by atoms with Crippen molar-refractivity contribution in [3.8, 4) is 67.5 Å². The highest BCUT2D eigenvalue weighted by Gasteiger charge is 2.51. The molecule has 0 bridgehead atoms. The topological polar surface area (TPSA) is 41.9 Å². The predicted molar refractivity (Wildman–Crippen MR) is 253 cm³/mol. The van der Waals surface area contributed by atoms with Gasteiger partial charge in [0.1, 0.15) is 0 Å². The van der Waals surface area contributed by atoms with E-state index in [9.17, 15) is 0 Å². The normalized spacial score (nSPS) is 12.9. The lowest BCUT2D eigenvalue weighted by molar-refractivity contribution is 0.753. The number of anilines is 3. The smallest absolute Gasteiger partial charge is 0.164 e. The third-order valence-electron chi connectivity index (χ3n) is 12.5. The highest BCUT2D eigenvalue weighted by Crippen LogP contribution is 2.63. The van der Waals surface area contributed by atoms with Gasteiger partial charge in [-0.3, -0.25) is 0 Å². The molecular weight excluding hydrogens is 753 g/mol. The minimum atomic E-state index is -0.542. The molecule has 1 aromatic heterocycles. The molecule has 1 aliphatic heterocycles. The zero-order valence-corrected chi connectivity index (χ0v) is 33.7. The summed E-state index contributed by atoms with van der Waals surface area (Å²) in [6.45, 7) is 0. The fraction of sp³-hybridized carbons (Fsp3) is 0.0172. The molecule has 1 aliphatic carbocycles. The Bertz CT molecular complexity index is 3260. The summed E-state index contributed by atoms with van der Waals surface area (Å²) in [5, 5.41) is 0. The van der Waals surface area contributed by atoms with Crippen molar-refractivity contribution in [2.45, 2.75) is 5.41 Å². The molecule has 2 heterocycles. The first kappa shape index (κ1) is 35.7. The summed E-state index contributed by atoms with van der Waals surface area (Å²) in [5.41, 5.74) is 17.8. The molecule has 0 radical (unpaired) electrons. The molecule has 1 spiro atoms. The monoisotopic (exact) mass is 790 g/mol. The van der Waals surface area contributed by atoms with Crippen molar-refractivity contribution in [2.24, 2.45) is 0 Å². The Morgan fingerprint density at radius 2 is 0.694 bits per heavy atom. The van der Waals surface area contributed by atoms with Crippen molar-refractivity contribution in [3.63, 3.8) is 0 Å². The van der Waals surface area contributed by atoms with E-state index in [0.717, 1.165) is 50.3 Å². The highest BCUT2D eigenvalue weighted by molar-refractivity contribution is 5.96. The van der Waals surface area contributed by atoms with Gasteiger partial charge in [-0.05, 0) is 98.1 Å². The van der Waals surface area contributed by atoms with Gasteiger partial charge in [0, 0.05) is 22.4 Å². The summed E-state index contributed by atoms with van der Waals surface area (Å²) < 4.78 is 0. The number of nitrogens with zero attached hydrogens (tertiary/aromatic N) is 4. The average molecular weight is 791 g/mol. The van der Waals surface area contributed by atoms with Gasteiger partial charge in [0.25, 0.3) is 0 Å². The minimum absolute atomic E-state index is 0.542. The first-order valence-electron chi connectivity index (χ1n) is 21.1. The van der Waals surface area contributed by atoms with Crippen LogP contribution >= 0.6 is 0 Å². The molecule has 0 atom stereocenters. The Morgan fingerprint density at radius 1 is 0.274 bits per heavy atom. The first-order chi connectivity index (χ1) is 30.7. The Hall–Kier alpha value is -8.21. The van der Waals surface area contributed by atoms with Crippen LogP contribution in [0.15, 0.2) is 231 Å². The van der Waals surface area contributed by atoms with E-state index in [4.69, 9.17) is 15.0 Å². The summed E-state index contributed by atoms with van der Waals surface area (Å²) in [4.78, 5) is 17.8. The van der Waals surface area contributed by atoms with Crippen molar-refractivity contribution in [1.82, 2.24) is 15.0 Å². The van der Waals surface area contributed by atoms with Gasteiger partial charge in [-0.15, -0.1) is 0 Å². The Labute approximate surface area is 361 Å². The molecule has 0 N–H and O–H groups in total. The minimum Gasteiger partial charge on any atom is -0.310 e. The summed E-state index contributed by atoms with van der Waals surface area (Å²) in [5.74, 6) is 1.89. The van der Waals surface area contributed by atoms with Gasteiger partial charge < -0.3 is 4.90 Å². The SMILES string of the molecule is c1ccc(-c2cccc(-c3nc(-c4ccccc4)nc(-c4cccc(-c5ccc6c(c5)C5(c7ccccc7-c7ccccc75)c5ccccc5N6c5ccccc5)c4)n3)c2)cc1. The van der Waals surface area contributed by atoms with Crippen LogP contribution in [0.2, 0.25) is 0 Å². The maximum Gasteiger partial charge on any atom is 0.164 e. The maximum absolute atomic E-state index is 5.19. The molecular formula is C58H38N4. The van der Waals surface area contributed by atoms with Gasteiger partial charge in [0.05, 0.1) is 16.8 Å². The number of benzene rings is 9. The molecule has 0 unspecified atom stereocenters. The molecule has 4 heteroatoms. The molecule has 0 fully saturated rings. The summed E-state index contributed by atoms with van der Waals surface area (Å²) in [6, 6.07) is 82.4. The molecule has 62 heavy (non-hydrogen) atoms. The van der Waals surface area contributed by atoms with E-state index in [1.54, 1.807) is 0 Å². The van der Waals surface area contributed by atoms with E-state index in [1.807, 2.05) is 24.3 Å². The van der Waals surface area contributed by atoms with Crippen LogP contribution in [-0.2, 0) is 5.41 Å². The van der Waals surface area contributed by atoms with Gasteiger partial charge >= 0.3 is 0 Å². The largest absolute Gasteiger partial charge is 0.310 e. The van der Waals surface area contributed by atoms with Crippen molar-refractivity contribution >= 4 is 17.1 Å². The molecule has 12 rings (SSSR count). The second-order valence-electron chi connectivity index (χ2n) is 16.0. The highest BCUT2D eigenvalue weighted by atomic mass is 15.2. The van der Waals surface area contributed by atoms with Gasteiger partial charge in [-0.25, -0.2) is 15.0 Å². The van der Waals surface area contributed by atoms with Crippen LogP contribution in [0.5, 0.6) is 0 Å². The van der Waals surface area contributed by atoms with Crippen molar-refractivity contribution < 1.29 is 0 Å². The van der Waals surface area contributed by atoms with E-state index in [2.05, 4.69) is 211 Å². The Balaban J connectivity index is 1.05. The Kier molecular flexibility index (Phi) is 8.36. The van der Waals surface area contributed by atoms with Gasteiger partial charge in [0.2, 0.25) is 0 Å². The van der Waals surface area contributed by atoms with Gasteiger partial charge in [-0.2, -0.15) is 0 Å². The molecule has 0 saturated carbocycles. The number of para-hydroxylation sites is 2. The average Bonchev–Trinajstić information content (AvgIpc) is 3.65. The molecule has 4 nitrogen and oxygen atoms in total. The fourth-order valence-electron chi connectivity index (χ4n) is 9.80. The van der Waals surface area contributed by atoms with Crippen LogP contribution < -0.4 is 4.90 Å². The third-order valence-corrected chi connectivity index (χ3v) is 12.5. The second-order valence-corrected chi connectivity index (χ2v) is 16.0. The van der Waals surface area contributed by atoms with E-state index in [0.29, 0.717) is 17.5 Å². The van der Waals surface area contributed by atoms with Crippen molar-refractivity contribution in [1.29, 1.82) is 0 Å². The van der Waals surface area contributed by atoms with E-state index >= 15 is 0 Å². The number of hydrogen-bond acceptors (Lipinski definition) is 4. The number of aromatic nitrogens is 3. The quantitative estimate of drug-likeness (QED) is 0.168. The van der Waals surface area contributed by atoms with Gasteiger partial charge in [0.15, 0.2) is 17.5 Å².